The summed E-state index contributed by atoms with van der Waals surface area (Å²) in [5.74, 6) is 1.33. The third-order valence-corrected chi connectivity index (χ3v) is 1.80. The highest BCUT2D eigenvalue weighted by Gasteiger charge is 2.13. The Morgan fingerprint density at radius 1 is 1.54 bits per heavy atom. The van der Waals surface area contributed by atoms with Crippen LogP contribution in [0.2, 0.25) is 0 Å². The quantitative estimate of drug-likeness (QED) is 0.694. The van der Waals surface area contributed by atoms with Crippen LogP contribution in [0.5, 0.6) is 11.6 Å². The van der Waals surface area contributed by atoms with Gasteiger partial charge in [0.15, 0.2) is 5.75 Å². The van der Waals surface area contributed by atoms with Crippen LogP contribution in [0.4, 0.5) is 0 Å². The van der Waals surface area contributed by atoms with Gasteiger partial charge in [0, 0.05) is 6.20 Å². The summed E-state index contributed by atoms with van der Waals surface area (Å²) in [6.45, 7) is 2.38. The first-order valence-corrected chi connectivity index (χ1v) is 4.32. The molecule has 0 amide bonds. The summed E-state index contributed by atoms with van der Waals surface area (Å²) >= 11 is 0. The second kappa shape index (κ2) is 3.47. The van der Waals surface area contributed by atoms with Crippen molar-refractivity contribution >= 4 is 6.08 Å². The number of aromatic nitrogens is 1. The first-order chi connectivity index (χ1) is 6.40. The Morgan fingerprint density at radius 2 is 2.46 bits per heavy atom. The summed E-state index contributed by atoms with van der Waals surface area (Å²) in [4.78, 5) is 4.11. The lowest BCUT2D eigenvalue weighted by molar-refractivity contribution is 0.171. The summed E-state index contributed by atoms with van der Waals surface area (Å²) in [5.41, 5.74) is 1.05. The fourth-order valence-corrected chi connectivity index (χ4v) is 1.15. The van der Waals surface area contributed by atoms with Crippen molar-refractivity contribution in [3.63, 3.8) is 0 Å². The van der Waals surface area contributed by atoms with E-state index >= 15 is 0 Å². The molecule has 0 spiro atoms. The molecule has 1 aliphatic heterocycles. The van der Waals surface area contributed by atoms with Crippen molar-refractivity contribution in [2.45, 2.75) is 13.3 Å². The fraction of sp³-hybridized carbons (Fsp3) is 0.300. The smallest absolute Gasteiger partial charge is 0.260 e. The second-order valence-electron chi connectivity index (χ2n) is 2.79. The molecule has 0 aliphatic carbocycles. The molecule has 0 saturated carbocycles. The van der Waals surface area contributed by atoms with Gasteiger partial charge in [-0.3, -0.25) is 0 Å². The Labute approximate surface area is 77.0 Å². The van der Waals surface area contributed by atoms with Crippen molar-refractivity contribution in [2.75, 3.05) is 6.79 Å². The highest BCUT2D eigenvalue weighted by Crippen LogP contribution is 2.29. The summed E-state index contributed by atoms with van der Waals surface area (Å²) in [6, 6.07) is 1.93. The number of hydrogen-bond donors (Lipinski definition) is 0. The topological polar surface area (TPSA) is 31.4 Å². The van der Waals surface area contributed by atoms with Gasteiger partial charge >= 0.3 is 0 Å². The van der Waals surface area contributed by atoms with Crippen LogP contribution in [-0.2, 0) is 0 Å². The second-order valence-corrected chi connectivity index (χ2v) is 2.79. The maximum absolute atomic E-state index is 5.20. The third-order valence-electron chi connectivity index (χ3n) is 1.80. The van der Waals surface area contributed by atoms with Crippen LogP contribution in [0.25, 0.3) is 6.08 Å². The van der Waals surface area contributed by atoms with Gasteiger partial charge in [0.25, 0.3) is 5.88 Å². The average Bonchev–Trinajstić information content (AvgIpc) is 2.61. The first-order valence-electron chi connectivity index (χ1n) is 4.32. The first kappa shape index (κ1) is 8.10. The summed E-state index contributed by atoms with van der Waals surface area (Å²) in [6.07, 6.45) is 6.91. The van der Waals surface area contributed by atoms with Gasteiger partial charge in [0.1, 0.15) is 0 Å². The summed E-state index contributed by atoms with van der Waals surface area (Å²) < 4.78 is 10.3. The predicted molar refractivity (Wildman–Crippen MR) is 49.7 cm³/mol. The molecule has 0 unspecified atom stereocenters. The van der Waals surface area contributed by atoms with Crippen LogP contribution < -0.4 is 9.47 Å². The van der Waals surface area contributed by atoms with E-state index in [9.17, 15) is 0 Å². The van der Waals surface area contributed by atoms with Gasteiger partial charge in [-0.25, -0.2) is 4.98 Å². The Kier molecular flexibility index (Phi) is 2.17. The summed E-state index contributed by atoms with van der Waals surface area (Å²) in [7, 11) is 0. The molecule has 68 valence electrons. The van der Waals surface area contributed by atoms with Crippen molar-refractivity contribution < 1.29 is 9.47 Å². The lowest BCUT2D eigenvalue weighted by Gasteiger charge is -1.95. The Bertz CT molecular complexity index is 334. The minimum Gasteiger partial charge on any atom is -0.452 e. The van der Waals surface area contributed by atoms with Crippen LogP contribution in [0, 0.1) is 0 Å². The van der Waals surface area contributed by atoms with E-state index < -0.39 is 0 Å². The Morgan fingerprint density at radius 3 is 3.31 bits per heavy atom. The number of ether oxygens (including phenoxy) is 2. The van der Waals surface area contributed by atoms with Crippen LogP contribution in [-0.4, -0.2) is 11.8 Å². The van der Waals surface area contributed by atoms with Gasteiger partial charge in [-0.15, -0.1) is 0 Å². The monoisotopic (exact) mass is 177 g/mol. The third kappa shape index (κ3) is 1.64. The van der Waals surface area contributed by atoms with Gasteiger partial charge in [-0.05, 0) is 18.1 Å². The number of fused-ring (bicyclic) bond motifs is 1. The van der Waals surface area contributed by atoms with E-state index in [1.807, 2.05) is 12.1 Å². The molecule has 0 N–H and O–H groups in total. The minimum absolute atomic E-state index is 0.281. The standard InChI is InChI=1S/C10H11NO2/c1-2-3-4-8-5-9-10(11-6-8)13-7-12-9/h3-6H,2,7H2,1H3/b4-3+. The lowest BCUT2D eigenvalue weighted by Crippen LogP contribution is -1.93. The lowest BCUT2D eigenvalue weighted by atomic mass is 10.2. The zero-order valence-corrected chi connectivity index (χ0v) is 7.49. The van der Waals surface area contributed by atoms with Crippen LogP contribution >= 0.6 is 0 Å². The zero-order valence-electron chi connectivity index (χ0n) is 7.49. The number of pyridine rings is 1. The maximum atomic E-state index is 5.20. The van der Waals surface area contributed by atoms with Crippen LogP contribution in [0.1, 0.15) is 18.9 Å². The summed E-state index contributed by atoms with van der Waals surface area (Å²) in [5, 5.41) is 0. The molecule has 1 aromatic heterocycles. The minimum atomic E-state index is 0.281. The van der Waals surface area contributed by atoms with Gasteiger partial charge in [0.2, 0.25) is 6.79 Å². The van der Waals surface area contributed by atoms with E-state index in [2.05, 4.69) is 18.0 Å². The molecule has 0 radical (unpaired) electrons. The molecule has 2 rings (SSSR count). The molecule has 0 fully saturated rings. The number of allylic oxidation sites excluding steroid dienone is 1. The fourth-order valence-electron chi connectivity index (χ4n) is 1.15. The van der Waals surface area contributed by atoms with E-state index in [0.29, 0.717) is 5.88 Å². The van der Waals surface area contributed by atoms with Crippen molar-refractivity contribution in [3.8, 4) is 11.6 Å². The normalized spacial score (nSPS) is 13.9. The van der Waals surface area contributed by atoms with Crippen LogP contribution in [0.15, 0.2) is 18.3 Å². The number of hydrogen-bond acceptors (Lipinski definition) is 3. The highest BCUT2D eigenvalue weighted by atomic mass is 16.7. The van der Waals surface area contributed by atoms with Crippen molar-refractivity contribution in [1.82, 2.24) is 4.98 Å². The number of rotatable bonds is 2. The van der Waals surface area contributed by atoms with Crippen molar-refractivity contribution in [3.05, 3.63) is 23.9 Å². The molecule has 1 aliphatic rings. The molecular weight excluding hydrogens is 166 g/mol. The van der Waals surface area contributed by atoms with E-state index in [-0.39, 0.29) is 6.79 Å². The van der Waals surface area contributed by atoms with Crippen LogP contribution in [0.3, 0.4) is 0 Å². The highest BCUT2D eigenvalue weighted by molar-refractivity contribution is 5.53. The van der Waals surface area contributed by atoms with Gasteiger partial charge < -0.3 is 9.47 Å². The SMILES string of the molecule is CC/C=C/c1cnc2c(c1)OCO2. The Balaban J connectivity index is 2.25. The van der Waals surface area contributed by atoms with Gasteiger partial charge in [-0.1, -0.05) is 19.1 Å². The molecule has 3 heteroatoms. The molecule has 1 aromatic rings. The van der Waals surface area contributed by atoms with Gasteiger partial charge in [0.05, 0.1) is 0 Å². The molecular formula is C10H11NO2. The Hall–Kier alpha value is -1.51. The molecule has 0 saturated heterocycles. The molecule has 0 atom stereocenters. The molecule has 0 aromatic carbocycles. The molecule has 2 heterocycles. The molecule has 0 bridgehead atoms. The maximum Gasteiger partial charge on any atom is 0.260 e. The predicted octanol–water partition coefficient (Wildman–Crippen LogP) is 2.23. The van der Waals surface area contributed by atoms with Crippen molar-refractivity contribution in [1.29, 1.82) is 0 Å². The van der Waals surface area contributed by atoms with E-state index in [4.69, 9.17) is 9.47 Å². The number of nitrogens with zero attached hydrogens (tertiary/aromatic N) is 1. The molecule has 3 nitrogen and oxygen atoms in total. The molecule has 13 heavy (non-hydrogen) atoms. The van der Waals surface area contributed by atoms with Crippen molar-refractivity contribution in [2.24, 2.45) is 0 Å². The average molecular weight is 177 g/mol. The van der Waals surface area contributed by atoms with E-state index in [0.717, 1.165) is 17.7 Å². The van der Waals surface area contributed by atoms with E-state index in [1.54, 1.807) is 6.20 Å². The van der Waals surface area contributed by atoms with E-state index in [1.165, 1.54) is 0 Å². The largest absolute Gasteiger partial charge is 0.452 e. The van der Waals surface area contributed by atoms with Gasteiger partial charge in [-0.2, -0.15) is 0 Å². The zero-order chi connectivity index (χ0) is 9.10.